The lowest BCUT2D eigenvalue weighted by atomic mass is 10.2. The minimum Gasteiger partial charge on any atom is -0.339 e. The van der Waals surface area contributed by atoms with Gasteiger partial charge in [0.25, 0.3) is 0 Å². The van der Waals surface area contributed by atoms with E-state index in [4.69, 9.17) is 27.7 Å². The van der Waals surface area contributed by atoms with E-state index in [-0.39, 0.29) is 0 Å². The van der Waals surface area contributed by atoms with Crippen molar-refractivity contribution in [2.75, 3.05) is 5.88 Å². The molecule has 0 fully saturated rings. The maximum absolute atomic E-state index is 5.92. The Labute approximate surface area is 117 Å². The van der Waals surface area contributed by atoms with Crippen LogP contribution >= 0.6 is 39.1 Å². The second-order valence-electron chi connectivity index (χ2n) is 3.43. The molecule has 3 nitrogen and oxygen atoms in total. The van der Waals surface area contributed by atoms with E-state index in [1.807, 2.05) is 12.1 Å². The molecule has 1 aromatic carbocycles. The zero-order valence-corrected chi connectivity index (χ0v) is 11.9. The summed E-state index contributed by atoms with van der Waals surface area (Å²) in [4.78, 5) is 4.29. The van der Waals surface area contributed by atoms with Crippen molar-refractivity contribution in [3.05, 3.63) is 33.6 Å². The molecule has 0 bridgehead atoms. The number of alkyl halides is 1. The Balaban J connectivity index is 2.21. The predicted octanol–water partition coefficient (Wildman–Crippen LogP) is 4.32. The standard InChI is InChI=1S/C11H9BrCl2N2O/c12-8-6-7(3-4-9(8)14)11-15-10(17-16-11)2-1-5-13/h3-4,6H,1-2,5H2. The van der Waals surface area contributed by atoms with E-state index in [2.05, 4.69) is 26.1 Å². The second-order valence-corrected chi connectivity index (χ2v) is 5.07. The Kier molecular flexibility index (Phi) is 4.42. The molecule has 0 atom stereocenters. The van der Waals surface area contributed by atoms with Crippen LogP contribution < -0.4 is 0 Å². The summed E-state index contributed by atoms with van der Waals surface area (Å²) >= 11 is 14.9. The van der Waals surface area contributed by atoms with E-state index >= 15 is 0 Å². The summed E-state index contributed by atoms with van der Waals surface area (Å²) in [7, 11) is 0. The van der Waals surface area contributed by atoms with E-state index in [0.29, 0.717) is 29.0 Å². The first-order chi connectivity index (χ1) is 8.20. The highest BCUT2D eigenvalue weighted by Crippen LogP contribution is 2.27. The fourth-order valence-corrected chi connectivity index (χ4v) is 1.96. The number of rotatable bonds is 4. The summed E-state index contributed by atoms with van der Waals surface area (Å²) in [5, 5.41) is 4.57. The van der Waals surface area contributed by atoms with Crippen LogP contribution in [0.1, 0.15) is 12.3 Å². The average molecular weight is 336 g/mol. The van der Waals surface area contributed by atoms with Gasteiger partial charge in [-0.3, -0.25) is 0 Å². The van der Waals surface area contributed by atoms with Gasteiger partial charge in [0.2, 0.25) is 11.7 Å². The first kappa shape index (κ1) is 12.9. The predicted molar refractivity (Wildman–Crippen MR) is 71.5 cm³/mol. The van der Waals surface area contributed by atoms with E-state index in [1.165, 1.54) is 0 Å². The summed E-state index contributed by atoms with van der Waals surface area (Å²) in [6.07, 6.45) is 1.53. The molecule has 0 aliphatic carbocycles. The van der Waals surface area contributed by atoms with Gasteiger partial charge in [0.05, 0.1) is 5.02 Å². The van der Waals surface area contributed by atoms with Crippen molar-refractivity contribution in [3.63, 3.8) is 0 Å². The van der Waals surface area contributed by atoms with Crippen LogP contribution in [-0.4, -0.2) is 16.0 Å². The molecule has 0 saturated heterocycles. The lowest BCUT2D eigenvalue weighted by Gasteiger charge is -1.97. The second kappa shape index (κ2) is 5.85. The van der Waals surface area contributed by atoms with Crippen LogP contribution in [0.3, 0.4) is 0 Å². The largest absolute Gasteiger partial charge is 0.339 e. The van der Waals surface area contributed by atoms with Crippen LogP contribution in [0.4, 0.5) is 0 Å². The number of hydrogen-bond acceptors (Lipinski definition) is 3. The monoisotopic (exact) mass is 334 g/mol. The summed E-state index contributed by atoms with van der Waals surface area (Å²) in [5.41, 5.74) is 0.863. The summed E-state index contributed by atoms with van der Waals surface area (Å²) in [6, 6.07) is 5.50. The molecule has 0 spiro atoms. The highest BCUT2D eigenvalue weighted by molar-refractivity contribution is 9.10. The number of benzene rings is 1. The van der Waals surface area contributed by atoms with Crippen LogP contribution in [-0.2, 0) is 6.42 Å². The third-order valence-corrected chi connectivity index (χ3v) is 3.65. The third-order valence-electron chi connectivity index (χ3n) is 2.17. The molecule has 1 heterocycles. The lowest BCUT2D eigenvalue weighted by molar-refractivity contribution is 0.378. The van der Waals surface area contributed by atoms with Crippen LogP contribution in [0, 0.1) is 0 Å². The van der Waals surface area contributed by atoms with Gasteiger partial charge in [0, 0.05) is 22.3 Å². The minimum atomic E-state index is 0.562. The Morgan fingerprint density at radius 3 is 2.88 bits per heavy atom. The van der Waals surface area contributed by atoms with E-state index in [1.54, 1.807) is 6.07 Å². The van der Waals surface area contributed by atoms with Gasteiger partial charge in [0.1, 0.15) is 0 Å². The number of nitrogens with zero attached hydrogens (tertiary/aromatic N) is 2. The van der Waals surface area contributed by atoms with Gasteiger partial charge in [-0.15, -0.1) is 11.6 Å². The SMILES string of the molecule is ClCCCc1nc(-c2ccc(Cl)c(Br)c2)no1. The molecule has 0 radical (unpaired) electrons. The molecule has 0 N–H and O–H groups in total. The molecule has 0 unspecified atom stereocenters. The van der Waals surface area contributed by atoms with Gasteiger partial charge in [-0.1, -0.05) is 16.8 Å². The Bertz CT molecular complexity index is 516. The molecule has 0 aliphatic heterocycles. The van der Waals surface area contributed by atoms with Crippen molar-refractivity contribution in [1.82, 2.24) is 10.1 Å². The number of aromatic nitrogens is 2. The van der Waals surface area contributed by atoms with Crippen molar-refractivity contribution in [1.29, 1.82) is 0 Å². The number of halogens is 3. The van der Waals surface area contributed by atoms with Gasteiger partial charge in [-0.05, 0) is 40.5 Å². The summed E-state index contributed by atoms with van der Waals surface area (Å²) < 4.78 is 5.93. The van der Waals surface area contributed by atoms with Crippen molar-refractivity contribution >= 4 is 39.1 Å². The Morgan fingerprint density at radius 1 is 1.35 bits per heavy atom. The average Bonchev–Trinajstić information content (AvgIpc) is 2.79. The zero-order chi connectivity index (χ0) is 12.3. The first-order valence-electron chi connectivity index (χ1n) is 5.04. The highest BCUT2D eigenvalue weighted by Gasteiger charge is 2.09. The summed E-state index contributed by atoms with van der Waals surface area (Å²) in [5.74, 6) is 1.75. The van der Waals surface area contributed by atoms with Gasteiger partial charge in [0.15, 0.2) is 0 Å². The molecule has 17 heavy (non-hydrogen) atoms. The fraction of sp³-hybridized carbons (Fsp3) is 0.273. The third kappa shape index (κ3) is 3.21. The van der Waals surface area contributed by atoms with Crippen LogP contribution in [0.25, 0.3) is 11.4 Å². The molecule has 90 valence electrons. The zero-order valence-electron chi connectivity index (χ0n) is 8.79. The van der Waals surface area contributed by atoms with Gasteiger partial charge < -0.3 is 4.52 Å². The highest BCUT2D eigenvalue weighted by atomic mass is 79.9. The summed E-state index contributed by atoms with van der Waals surface area (Å²) in [6.45, 7) is 0. The van der Waals surface area contributed by atoms with Crippen LogP contribution in [0.15, 0.2) is 27.2 Å². The maximum atomic E-state index is 5.92. The fourth-order valence-electron chi connectivity index (χ4n) is 1.33. The van der Waals surface area contributed by atoms with Gasteiger partial charge >= 0.3 is 0 Å². The normalized spacial score (nSPS) is 10.8. The van der Waals surface area contributed by atoms with E-state index in [9.17, 15) is 0 Å². The lowest BCUT2D eigenvalue weighted by Crippen LogP contribution is -1.86. The molecule has 6 heteroatoms. The Morgan fingerprint density at radius 2 is 2.18 bits per heavy atom. The van der Waals surface area contributed by atoms with Crippen molar-refractivity contribution < 1.29 is 4.52 Å². The van der Waals surface area contributed by atoms with Crippen molar-refractivity contribution in [2.45, 2.75) is 12.8 Å². The maximum Gasteiger partial charge on any atom is 0.227 e. The van der Waals surface area contributed by atoms with Crippen molar-refractivity contribution in [2.24, 2.45) is 0 Å². The first-order valence-corrected chi connectivity index (χ1v) is 6.75. The van der Waals surface area contributed by atoms with Crippen molar-refractivity contribution in [3.8, 4) is 11.4 Å². The molecule has 2 rings (SSSR count). The van der Waals surface area contributed by atoms with E-state index < -0.39 is 0 Å². The topological polar surface area (TPSA) is 38.9 Å². The van der Waals surface area contributed by atoms with Crippen LogP contribution in [0.5, 0.6) is 0 Å². The molecule has 0 saturated carbocycles. The van der Waals surface area contributed by atoms with Crippen LogP contribution in [0.2, 0.25) is 5.02 Å². The molecule has 0 aliphatic rings. The van der Waals surface area contributed by atoms with Gasteiger partial charge in [-0.25, -0.2) is 0 Å². The Hall–Kier alpha value is -0.580. The molecule has 2 aromatic rings. The minimum absolute atomic E-state index is 0.562. The smallest absolute Gasteiger partial charge is 0.227 e. The molecule has 0 amide bonds. The molecular formula is C11H9BrCl2N2O. The number of aryl methyl sites for hydroxylation is 1. The van der Waals surface area contributed by atoms with E-state index in [0.717, 1.165) is 16.5 Å². The molecule has 1 aromatic heterocycles. The van der Waals surface area contributed by atoms with Gasteiger partial charge in [-0.2, -0.15) is 4.98 Å². The number of hydrogen-bond donors (Lipinski definition) is 0. The molecular weight excluding hydrogens is 327 g/mol. The quantitative estimate of drug-likeness (QED) is 0.781.